The Labute approximate surface area is 115 Å². The van der Waals surface area contributed by atoms with E-state index in [9.17, 15) is 4.79 Å². The van der Waals surface area contributed by atoms with Gasteiger partial charge < -0.3 is 5.11 Å². The van der Waals surface area contributed by atoms with Crippen LogP contribution in [0.3, 0.4) is 0 Å². The average molecular weight is 273 g/mol. The van der Waals surface area contributed by atoms with Crippen LogP contribution in [-0.4, -0.2) is 16.1 Å². The summed E-state index contributed by atoms with van der Waals surface area (Å²) in [6.45, 7) is 0. The average Bonchev–Trinajstić information content (AvgIpc) is 3.09. The molecule has 1 N–H and O–H groups in total. The summed E-state index contributed by atoms with van der Waals surface area (Å²) in [6.07, 6.45) is 4.47. The van der Waals surface area contributed by atoms with E-state index in [4.69, 9.17) is 5.11 Å². The molecule has 1 aromatic carbocycles. The van der Waals surface area contributed by atoms with Crippen LogP contribution in [-0.2, 0) is 5.41 Å². The van der Waals surface area contributed by atoms with E-state index in [1.807, 2.05) is 18.2 Å². The van der Waals surface area contributed by atoms with Crippen LogP contribution in [0.4, 0.5) is 0 Å². The van der Waals surface area contributed by atoms with Crippen LogP contribution >= 0.6 is 11.3 Å². The third-order valence-corrected chi connectivity index (χ3v) is 4.96. The zero-order valence-electron chi connectivity index (χ0n) is 10.5. The molecule has 0 bridgehead atoms. The van der Waals surface area contributed by atoms with E-state index in [-0.39, 0.29) is 11.1 Å². The van der Waals surface area contributed by atoms with Gasteiger partial charge in [-0.05, 0) is 18.4 Å². The summed E-state index contributed by atoms with van der Waals surface area (Å²) in [5.41, 5.74) is 1.36. The van der Waals surface area contributed by atoms with Crippen LogP contribution in [0, 0.1) is 0 Å². The molecule has 1 heterocycles. The van der Waals surface area contributed by atoms with Crippen molar-refractivity contribution in [3.05, 3.63) is 52.0 Å². The quantitative estimate of drug-likeness (QED) is 0.927. The number of aromatic nitrogens is 1. The molecule has 0 spiro atoms. The number of hydrogen-bond acceptors (Lipinski definition) is 3. The second-order valence-corrected chi connectivity index (χ2v) is 5.86. The molecule has 0 amide bonds. The second kappa shape index (κ2) is 4.78. The number of carboxylic acids is 1. The lowest BCUT2D eigenvalue weighted by Gasteiger charge is -2.27. The highest BCUT2D eigenvalue weighted by atomic mass is 32.1. The molecule has 1 aliphatic rings. The Hall–Kier alpha value is -1.68. The summed E-state index contributed by atoms with van der Waals surface area (Å²) in [7, 11) is 0. The summed E-state index contributed by atoms with van der Waals surface area (Å²) in [5.74, 6) is -0.941. The van der Waals surface area contributed by atoms with Crippen LogP contribution in [0.5, 0.6) is 0 Å². The highest BCUT2D eigenvalue weighted by Crippen LogP contribution is 2.47. The molecular formula is C15H15NO2S. The first-order valence-corrected chi connectivity index (χ1v) is 7.35. The van der Waals surface area contributed by atoms with Gasteiger partial charge in [0.05, 0.1) is 0 Å². The molecular weight excluding hydrogens is 258 g/mol. The fourth-order valence-corrected chi connectivity index (χ4v) is 4.03. The third kappa shape index (κ3) is 2.06. The van der Waals surface area contributed by atoms with Crippen LogP contribution < -0.4 is 0 Å². The van der Waals surface area contributed by atoms with Crippen LogP contribution in [0.2, 0.25) is 0 Å². The molecule has 0 atom stereocenters. The Kier molecular flexibility index (Phi) is 3.11. The Balaban J connectivity index is 2.08. The monoisotopic (exact) mass is 273 g/mol. The van der Waals surface area contributed by atoms with Gasteiger partial charge in [-0.2, -0.15) is 0 Å². The lowest BCUT2D eigenvalue weighted by molar-refractivity contribution is 0.0691. The fourth-order valence-electron chi connectivity index (χ4n) is 2.95. The van der Waals surface area contributed by atoms with Crippen molar-refractivity contribution in [1.82, 2.24) is 4.98 Å². The third-order valence-electron chi connectivity index (χ3n) is 3.92. The molecule has 4 heteroatoms. The second-order valence-electron chi connectivity index (χ2n) is 5.00. The van der Waals surface area contributed by atoms with E-state index >= 15 is 0 Å². The number of hydrogen-bond donors (Lipinski definition) is 1. The van der Waals surface area contributed by atoms with Crippen LogP contribution in [0.15, 0.2) is 35.7 Å². The van der Waals surface area contributed by atoms with Gasteiger partial charge in [0, 0.05) is 10.8 Å². The molecule has 1 fully saturated rings. The SMILES string of the molecule is O=C(O)c1csc(C2(c3ccccc3)CCCC2)n1. The number of nitrogens with zero attached hydrogens (tertiary/aromatic N) is 1. The van der Waals surface area contributed by atoms with Gasteiger partial charge >= 0.3 is 5.97 Å². The zero-order chi connectivity index (χ0) is 13.3. The van der Waals surface area contributed by atoms with Gasteiger partial charge in [-0.3, -0.25) is 0 Å². The van der Waals surface area contributed by atoms with Crippen molar-refractivity contribution < 1.29 is 9.90 Å². The van der Waals surface area contributed by atoms with Crippen molar-refractivity contribution in [2.75, 3.05) is 0 Å². The molecule has 98 valence electrons. The maximum Gasteiger partial charge on any atom is 0.355 e. The minimum atomic E-state index is -0.941. The van der Waals surface area contributed by atoms with Gasteiger partial charge in [0.1, 0.15) is 5.01 Å². The number of carbonyl (C=O) groups is 1. The standard InChI is InChI=1S/C15H15NO2S/c17-13(18)12-10-19-14(16-12)15(8-4-5-9-15)11-6-2-1-3-7-11/h1-3,6-7,10H,4-5,8-9H2,(H,17,18). The molecule has 0 radical (unpaired) electrons. The first kappa shape index (κ1) is 12.4. The highest BCUT2D eigenvalue weighted by Gasteiger charge is 2.40. The van der Waals surface area contributed by atoms with Crippen LogP contribution in [0.25, 0.3) is 0 Å². The Morgan fingerprint density at radius 2 is 1.89 bits per heavy atom. The minimum absolute atomic E-state index is 0.0698. The normalized spacial score (nSPS) is 17.5. The molecule has 2 aromatic rings. The number of rotatable bonds is 3. The zero-order valence-corrected chi connectivity index (χ0v) is 11.3. The Morgan fingerprint density at radius 3 is 2.47 bits per heavy atom. The molecule has 1 aromatic heterocycles. The summed E-state index contributed by atoms with van der Waals surface area (Å²) in [5, 5.41) is 11.6. The summed E-state index contributed by atoms with van der Waals surface area (Å²) in [4.78, 5) is 15.4. The molecule has 3 nitrogen and oxygen atoms in total. The number of carboxylic acid groups (broad SMARTS) is 1. The van der Waals surface area contributed by atoms with Gasteiger partial charge in [0.25, 0.3) is 0 Å². The van der Waals surface area contributed by atoms with Gasteiger partial charge in [-0.1, -0.05) is 43.2 Å². The Bertz CT molecular complexity index is 585. The maximum atomic E-state index is 11.0. The fraction of sp³-hybridized carbons (Fsp3) is 0.333. The van der Waals surface area contributed by atoms with E-state index in [2.05, 4.69) is 17.1 Å². The van der Waals surface area contributed by atoms with E-state index in [1.165, 1.54) is 29.7 Å². The molecule has 0 unspecified atom stereocenters. The predicted octanol–water partition coefficient (Wildman–Crippen LogP) is 3.70. The van der Waals surface area contributed by atoms with Crippen molar-refractivity contribution in [2.24, 2.45) is 0 Å². The van der Waals surface area contributed by atoms with Crippen molar-refractivity contribution in [3.8, 4) is 0 Å². The first-order chi connectivity index (χ1) is 9.22. The minimum Gasteiger partial charge on any atom is -0.476 e. The van der Waals surface area contributed by atoms with Crippen molar-refractivity contribution in [1.29, 1.82) is 0 Å². The molecule has 1 aliphatic carbocycles. The van der Waals surface area contributed by atoms with Crippen molar-refractivity contribution in [3.63, 3.8) is 0 Å². The number of benzene rings is 1. The summed E-state index contributed by atoms with van der Waals surface area (Å²) < 4.78 is 0. The molecule has 19 heavy (non-hydrogen) atoms. The largest absolute Gasteiger partial charge is 0.476 e. The lowest BCUT2D eigenvalue weighted by Crippen LogP contribution is -2.23. The van der Waals surface area contributed by atoms with Gasteiger partial charge in [-0.15, -0.1) is 11.3 Å². The van der Waals surface area contributed by atoms with Crippen molar-refractivity contribution in [2.45, 2.75) is 31.1 Å². The van der Waals surface area contributed by atoms with Gasteiger partial charge in [-0.25, -0.2) is 9.78 Å². The maximum absolute atomic E-state index is 11.0. The summed E-state index contributed by atoms with van der Waals surface area (Å²) in [6, 6.07) is 10.4. The smallest absolute Gasteiger partial charge is 0.355 e. The number of thiazole rings is 1. The van der Waals surface area contributed by atoms with E-state index in [0.29, 0.717) is 0 Å². The van der Waals surface area contributed by atoms with E-state index in [1.54, 1.807) is 5.38 Å². The first-order valence-electron chi connectivity index (χ1n) is 6.47. The summed E-state index contributed by atoms with van der Waals surface area (Å²) >= 11 is 1.48. The topological polar surface area (TPSA) is 50.2 Å². The van der Waals surface area contributed by atoms with E-state index in [0.717, 1.165) is 17.8 Å². The van der Waals surface area contributed by atoms with Gasteiger partial charge in [0.15, 0.2) is 5.69 Å². The van der Waals surface area contributed by atoms with Crippen molar-refractivity contribution >= 4 is 17.3 Å². The van der Waals surface area contributed by atoms with Gasteiger partial charge in [0.2, 0.25) is 0 Å². The molecule has 0 saturated heterocycles. The molecule has 0 aliphatic heterocycles. The number of aromatic carboxylic acids is 1. The Morgan fingerprint density at radius 1 is 1.21 bits per heavy atom. The predicted molar refractivity (Wildman–Crippen MR) is 74.8 cm³/mol. The highest BCUT2D eigenvalue weighted by molar-refractivity contribution is 7.10. The molecule has 1 saturated carbocycles. The van der Waals surface area contributed by atoms with Crippen LogP contribution in [0.1, 0.15) is 46.7 Å². The molecule has 3 rings (SSSR count). The lowest BCUT2D eigenvalue weighted by atomic mass is 9.79. The van der Waals surface area contributed by atoms with E-state index < -0.39 is 5.97 Å².